The van der Waals surface area contributed by atoms with Crippen LogP contribution in [-0.4, -0.2) is 39.0 Å². The molecule has 88 heavy (non-hydrogen) atoms. The molecule has 0 aliphatic heterocycles. The van der Waals surface area contributed by atoms with Crippen LogP contribution in [0.15, 0.2) is 267 Å². The normalized spacial score (nSPS) is 12.0. The molecule has 4 aromatic heterocycles. The first kappa shape index (κ1) is 53.4. The van der Waals surface area contributed by atoms with E-state index in [1.165, 1.54) is 24.3 Å². The molecule has 4 heterocycles. The van der Waals surface area contributed by atoms with Crippen molar-refractivity contribution in [3.8, 4) is 102 Å². The summed E-state index contributed by atoms with van der Waals surface area (Å²) in [7, 11) is 0. The molecule has 15 aromatic rings. The molecule has 11 aromatic carbocycles. The van der Waals surface area contributed by atoms with Gasteiger partial charge in [0.05, 0.1) is 44.6 Å². The summed E-state index contributed by atoms with van der Waals surface area (Å²) >= 11 is 0. The van der Waals surface area contributed by atoms with E-state index in [1.54, 1.807) is 0 Å². The van der Waals surface area contributed by atoms with Gasteiger partial charge in [0, 0.05) is 54.9 Å². The number of para-hydroxylation sites is 2. The van der Waals surface area contributed by atoms with Crippen LogP contribution in [0.25, 0.3) is 146 Å². The van der Waals surface area contributed by atoms with E-state index in [1.807, 2.05) is 234 Å². The standard InChI is InChI=1S/C74H44F6N8/c75-73(76,77)53-34-38-63-59(43-53)55-28-13-15-30-61(55)87(63)65-41-51(32-36-57(65)71-83-67(45-18-5-1-6-19-45)81-68(84-71)46-20-7-2-8-21-46)49-26-17-27-50(40-49)52-33-37-58(72-85-69(47-22-9-3-10-23-47)82-70(86-72)48-24-11-4-12-25-48)66(42-52)88-62-31-16-14-29-56(62)60-44-54(74(78,79)80)35-39-64(60)88/h1-44H. The number of alkyl halides is 6. The van der Waals surface area contributed by atoms with Gasteiger partial charge in [-0.2, -0.15) is 26.3 Å². The van der Waals surface area contributed by atoms with Crippen molar-refractivity contribution in [2.24, 2.45) is 0 Å². The molecule has 0 saturated carbocycles. The number of nitrogens with zero attached hydrogens (tertiary/aromatic N) is 8. The van der Waals surface area contributed by atoms with Crippen LogP contribution in [0.1, 0.15) is 11.1 Å². The lowest BCUT2D eigenvalue weighted by molar-refractivity contribution is -0.138. The lowest BCUT2D eigenvalue weighted by Crippen LogP contribution is -2.05. The second-order valence-electron chi connectivity index (χ2n) is 21.3. The van der Waals surface area contributed by atoms with Gasteiger partial charge >= 0.3 is 12.4 Å². The quantitative estimate of drug-likeness (QED) is 0.127. The van der Waals surface area contributed by atoms with Gasteiger partial charge in [0.1, 0.15) is 0 Å². The Labute approximate surface area is 499 Å². The molecule has 0 atom stereocenters. The fourth-order valence-electron chi connectivity index (χ4n) is 11.7. The average Bonchev–Trinajstić information content (AvgIpc) is 2.49. The molecule has 0 N–H and O–H groups in total. The van der Waals surface area contributed by atoms with Crippen LogP contribution in [-0.2, 0) is 12.4 Å². The Bertz CT molecular complexity index is 4740. The number of hydrogen-bond donors (Lipinski definition) is 0. The zero-order valence-electron chi connectivity index (χ0n) is 46.2. The molecule has 0 radical (unpaired) electrons. The topological polar surface area (TPSA) is 87.2 Å². The van der Waals surface area contributed by atoms with Crippen LogP contribution in [0.2, 0.25) is 0 Å². The van der Waals surface area contributed by atoms with Gasteiger partial charge in [-0.05, 0) is 101 Å². The highest BCUT2D eigenvalue weighted by Crippen LogP contribution is 2.44. The summed E-state index contributed by atoms with van der Waals surface area (Å²) in [4.78, 5) is 30.5. The second kappa shape index (κ2) is 21.3. The highest BCUT2D eigenvalue weighted by atomic mass is 19.4. The minimum Gasteiger partial charge on any atom is -0.308 e. The maximum atomic E-state index is 14.5. The van der Waals surface area contributed by atoms with Gasteiger partial charge in [0.2, 0.25) is 0 Å². The first-order valence-corrected chi connectivity index (χ1v) is 28.2. The first-order valence-electron chi connectivity index (χ1n) is 28.2. The van der Waals surface area contributed by atoms with Crippen LogP contribution in [0.4, 0.5) is 26.3 Å². The summed E-state index contributed by atoms with van der Waals surface area (Å²) in [6.07, 6.45) is -9.17. The average molecular weight is 1160 g/mol. The molecule has 0 spiro atoms. The minimum atomic E-state index is -4.59. The van der Waals surface area contributed by atoms with Crippen molar-refractivity contribution in [2.45, 2.75) is 12.4 Å². The Morgan fingerprint density at radius 2 is 0.523 bits per heavy atom. The summed E-state index contributed by atoms with van der Waals surface area (Å²) < 4.78 is 91.1. The van der Waals surface area contributed by atoms with Crippen molar-refractivity contribution in [3.05, 3.63) is 278 Å². The Morgan fingerprint density at radius 3 is 0.875 bits per heavy atom. The lowest BCUT2D eigenvalue weighted by Gasteiger charge is -2.18. The monoisotopic (exact) mass is 1160 g/mol. The van der Waals surface area contributed by atoms with Gasteiger partial charge in [0.15, 0.2) is 34.9 Å². The van der Waals surface area contributed by atoms with E-state index < -0.39 is 23.5 Å². The number of hydrogen-bond acceptors (Lipinski definition) is 6. The maximum absolute atomic E-state index is 14.5. The van der Waals surface area contributed by atoms with Crippen LogP contribution >= 0.6 is 0 Å². The molecule has 0 fully saturated rings. The minimum absolute atomic E-state index is 0.345. The van der Waals surface area contributed by atoms with Crippen LogP contribution < -0.4 is 0 Å². The molecule has 0 saturated heterocycles. The predicted molar refractivity (Wildman–Crippen MR) is 335 cm³/mol. The Morgan fingerprint density at radius 1 is 0.227 bits per heavy atom. The predicted octanol–water partition coefficient (Wildman–Crippen LogP) is 19.6. The smallest absolute Gasteiger partial charge is 0.308 e. The van der Waals surface area contributed by atoms with Crippen molar-refractivity contribution < 1.29 is 26.3 Å². The largest absolute Gasteiger partial charge is 0.416 e. The molecule has 422 valence electrons. The molecule has 0 aliphatic carbocycles. The van der Waals surface area contributed by atoms with Crippen molar-refractivity contribution in [2.75, 3.05) is 0 Å². The van der Waals surface area contributed by atoms with Gasteiger partial charge in [-0.1, -0.05) is 188 Å². The number of fused-ring (bicyclic) bond motifs is 6. The Hall–Kier alpha value is -11.4. The van der Waals surface area contributed by atoms with Gasteiger partial charge in [0.25, 0.3) is 0 Å². The molecule has 0 aliphatic rings. The van der Waals surface area contributed by atoms with E-state index in [0.717, 1.165) is 56.6 Å². The third kappa shape index (κ3) is 9.66. The zero-order valence-corrected chi connectivity index (χ0v) is 46.2. The third-order valence-electron chi connectivity index (χ3n) is 15.9. The molecule has 0 amide bonds. The SMILES string of the molecule is FC(F)(F)c1ccc2c(c1)c1ccccc1n2-c1cc(-c2cccc(-c3ccc(-c4nc(-c5ccccc5)nc(-c5ccccc5)n4)c(-n4c5ccccc5c5cc(C(F)(F)F)ccc54)c3)c2)ccc1-c1nc(-c2ccccc2)nc(-c2ccccc2)n1. The highest BCUT2D eigenvalue weighted by molar-refractivity contribution is 6.11. The molecule has 15 rings (SSSR count). The van der Waals surface area contributed by atoms with Crippen LogP contribution in [0.5, 0.6) is 0 Å². The van der Waals surface area contributed by atoms with Gasteiger partial charge in [-0.3, -0.25) is 0 Å². The van der Waals surface area contributed by atoms with E-state index >= 15 is 0 Å². The number of halogens is 6. The summed E-state index contributed by atoms with van der Waals surface area (Å²) in [5.41, 5.74) is 9.49. The van der Waals surface area contributed by atoms with E-state index in [-0.39, 0.29) is 0 Å². The van der Waals surface area contributed by atoms with Crippen molar-refractivity contribution in [1.82, 2.24) is 39.0 Å². The lowest BCUT2D eigenvalue weighted by atomic mass is 9.96. The number of benzene rings is 11. The van der Waals surface area contributed by atoms with Gasteiger partial charge < -0.3 is 9.13 Å². The maximum Gasteiger partial charge on any atom is 0.416 e. The molecular weight excluding hydrogens is 1110 g/mol. The van der Waals surface area contributed by atoms with Gasteiger partial charge in [-0.15, -0.1) is 0 Å². The number of aromatic nitrogens is 8. The van der Waals surface area contributed by atoms with E-state index in [9.17, 15) is 26.3 Å². The molecule has 14 heteroatoms. The first-order chi connectivity index (χ1) is 42.9. The summed E-state index contributed by atoms with van der Waals surface area (Å²) in [5, 5.41) is 2.09. The fraction of sp³-hybridized carbons (Fsp3) is 0.0270. The molecule has 8 nitrogen and oxygen atoms in total. The summed E-state index contributed by atoms with van der Waals surface area (Å²) in [6.45, 7) is 0. The summed E-state index contributed by atoms with van der Waals surface area (Å²) in [5.74, 6) is 2.43. The molecule has 0 unspecified atom stereocenters. The van der Waals surface area contributed by atoms with Crippen molar-refractivity contribution in [3.63, 3.8) is 0 Å². The third-order valence-corrected chi connectivity index (χ3v) is 15.9. The second-order valence-corrected chi connectivity index (χ2v) is 21.3. The van der Waals surface area contributed by atoms with Crippen LogP contribution in [0, 0.1) is 0 Å². The van der Waals surface area contributed by atoms with E-state index in [4.69, 9.17) is 29.9 Å². The van der Waals surface area contributed by atoms with Crippen molar-refractivity contribution in [1.29, 1.82) is 0 Å². The molecule has 0 bridgehead atoms. The fourth-order valence-corrected chi connectivity index (χ4v) is 11.7. The van der Waals surface area contributed by atoms with Crippen molar-refractivity contribution >= 4 is 43.6 Å². The Balaban J connectivity index is 0.947. The zero-order chi connectivity index (χ0) is 59.7. The number of rotatable bonds is 10. The van der Waals surface area contributed by atoms with Crippen LogP contribution in [0.3, 0.4) is 0 Å². The molecular formula is C74H44F6N8. The van der Waals surface area contributed by atoms with Gasteiger partial charge in [-0.25, -0.2) is 29.9 Å². The highest BCUT2D eigenvalue weighted by Gasteiger charge is 2.33. The van der Waals surface area contributed by atoms with E-state index in [0.29, 0.717) is 101 Å². The van der Waals surface area contributed by atoms with E-state index in [2.05, 4.69) is 6.07 Å². The summed E-state index contributed by atoms with van der Waals surface area (Å²) in [6, 6.07) is 80.8. The Kier molecular flexibility index (Phi) is 12.9.